The van der Waals surface area contributed by atoms with Crippen LogP contribution in [0.3, 0.4) is 0 Å². The van der Waals surface area contributed by atoms with E-state index in [-0.39, 0.29) is 55.4 Å². The molecule has 2 nitrogen and oxygen atoms in total. The average Bonchev–Trinajstić information content (AvgIpc) is 1.50. The zero-order valence-electron chi connectivity index (χ0n) is 2.10. The summed E-state index contributed by atoms with van der Waals surface area (Å²) < 4.78 is 16.8. The quantitative estimate of drug-likeness (QED) is 0.547. The Morgan fingerprint density at radius 2 is 1.25 bits per heavy atom. The molecule has 0 radical (unpaired) electrons. The summed E-state index contributed by atoms with van der Waals surface area (Å²) in [4.78, 5) is 0. The Morgan fingerprint density at radius 1 is 1.25 bits per heavy atom. The van der Waals surface area contributed by atoms with Crippen LogP contribution in [-0.2, 0) is 35.9 Å². The summed E-state index contributed by atoms with van der Waals surface area (Å²) in [5.41, 5.74) is 0. The molecular weight excluding hydrogens is 236 g/mol. The molecule has 0 spiro atoms. The zero-order chi connectivity index (χ0) is 4.00. The van der Waals surface area contributed by atoms with Gasteiger partial charge in [0.25, 0.3) is 0 Å². The fourth-order valence-corrected chi connectivity index (χ4v) is 0. The molecule has 19 valence electrons. The Morgan fingerprint density at radius 3 is 1.25 bits per heavy atom. The van der Waals surface area contributed by atoms with E-state index in [1.807, 2.05) is 0 Å². The Hall–Kier alpha value is 1.57. The zero-order valence-corrected chi connectivity index (χ0v) is 8.98. The molecule has 0 bridgehead atoms. The maximum atomic E-state index is 8.42. The van der Waals surface area contributed by atoms with E-state index in [1.165, 1.54) is 0 Å². The van der Waals surface area contributed by atoms with Crippen LogP contribution in [0.2, 0.25) is 0 Å². The van der Waals surface area contributed by atoms with Crippen LogP contribution < -0.4 is 0 Å². The van der Waals surface area contributed by atoms with E-state index in [2.05, 4.69) is 0 Å². The fraction of sp³-hybridized carbons (Fsp3) is 0. The summed E-state index contributed by atoms with van der Waals surface area (Å²) in [6.07, 6.45) is 0. The van der Waals surface area contributed by atoms with Gasteiger partial charge in [0.15, 0.2) is 0 Å². The molecular formula is HInO2Y. The Balaban J connectivity index is 0. The van der Waals surface area contributed by atoms with Gasteiger partial charge >= 0.3 is 60.3 Å². The van der Waals surface area contributed by atoms with Crippen molar-refractivity contribution in [3.63, 3.8) is 0 Å². The van der Waals surface area contributed by atoms with Crippen LogP contribution >= 0.6 is 0 Å². The van der Waals surface area contributed by atoms with Crippen LogP contribution in [-0.4, -0.2) is 24.4 Å². The van der Waals surface area contributed by atoms with Gasteiger partial charge in [-0.25, -0.2) is 0 Å². The van der Waals surface area contributed by atoms with E-state index < -0.39 is 0 Å². The van der Waals surface area contributed by atoms with Crippen LogP contribution in [0.25, 0.3) is 0 Å². The summed E-state index contributed by atoms with van der Waals surface area (Å²) in [6, 6.07) is 0. The van der Waals surface area contributed by atoms with Crippen molar-refractivity contribution in [3.05, 3.63) is 0 Å². The van der Waals surface area contributed by atoms with Gasteiger partial charge in [-0.2, -0.15) is 0 Å². The summed E-state index contributed by atoms with van der Waals surface area (Å²) in [5.74, 6) is 0. The second-order valence-electron chi connectivity index (χ2n) is 0. The van der Waals surface area contributed by atoms with Gasteiger partial charge in [-0.15, -0.1) is 0 Å². The molecule has 0 fully saturated rings. The van der Waals surface area contributed by atoms with Gasteiger partial charge in [-0.1, -0.05) is 0 Å². The molecule has 0 aromatic rings. The second-order valence-corrected chi connectivity index (χ2v) is 0. The van der Waals surface area contributed by atoms with Crippen molar-refractivity contribution in [2.45, 2.75) is 0 Å². The number of hydrogen-bond acceptors (Lipinski definition) is 2. The molecule has 0 aliphatic heterocycles. The van der Waals surface area contributed by atoms with Gasteiger partial charge in [0.2, 0.25) is 0 Å². The van der Waals surface area contributed by atoms with Crippen LogP contribution in [0, 0.1) is 0 Å². The molecule has 0 rings (SSSR count). The summed E-state index contributed by atoms with van der Waals surface area (Å²) in [6.45, 7) is 0. The summed E-state index contributed by atoms with van der Waals surface area (Å²) >= 11 is 0.000000000000000222. The first-order chi connectivity index (χ1) is 2.00. The summed E-state index contributed by atoms with van der Waals surface area (Å²) in [5, 5.41) is 0. The number of hydrogen-bond donors (Lipinski definition) is 0. The van der Waals surface area contributed by atoms with Crippen molar-refractivity contribution >= 4 is 24.4 Å². The van der Waals surface area contributed by atoms with Crippen molar-refractivity contribution in [1.29, 1.82) is 0 Å². The van der Waals surface area contributed by atoms with Crippen molar-refractivity contribution in [1.82, 2.24) is 0 Å². The normalized spacial score (nSPS) is 2.25. The van der Waals surface area contributed by atoms with Crippen molar-refractivity contribution in [2.75, 3.05) is 0 Å². The van der Waals surface area contributed by atoms with E-state index in [9.17, 15) is 0 Å². The minimum absolute atomic E-state index is 0.1000. The van der Waals surface area contributed by atoms with Crippen molar-refractivity contribution in [2.24, 2.45) is 0 Å². The molecule has 0 heterocycles. The van der Waals surface area contributed by atoms with Crippen LogP contribution in [0.5, 0.6) is 0 Å². The molecule has 0 amide bonds. The number of rotatable bonds is 0. The van der Waals surface area contributed by atoms with Gasteiger partial charge in [-0.05, 0) is 0 Å². The molecule has 4 heteroatoms. The van der Waals surface area contributed by atoms with Gasteiger partial charge in [0.1, 0.15) is 0 Å². The monoisotopic (exact) mass is 237 g/mol. The predicted octanol–water partition coefficient (Wildman–Crippen LogP) is -0.889. The molecule has 0 atom stereocenters. The molecule has 0 saturated heterocycles. The third-order valence-electron chi connectivity index (χ3n) is 0. The molecule has 0 aliphatic rings. The second kappa shape index (κ2) is 23.6. The third kappa shape index (κ3) is 9.56. The van der Waals surface area contributed by atoms with Crippen molar-refractivity contribution in [3.8, 4) is 0 Å². The van der Waals surface area contributed by atoms with Crippen LogP contribution in [0.1, 0.15) is 0 Å². The Bertz CT molecular complexity index is 8.00. The third-order valence-corrected chi connectivity index (χ3v) is 0. The predicted molar refractivity (Wildman–Crippen MR) is 8.52 cm³/mol. The molecule has 0 aromatic heterocycles. The van der Waals surface area contributed by atoms with Gasteiger partial charge < -0.3 is 0 Å². The van der Waals surface area contributed by atoms with Gasteiger partial charge in [0, 0.05) is 0 Å². The van der Waals surface area contributed by atoms with E-state index in [0.717, 1.165) is 0 Å². The topological polar surface area (TPSA) is 34.1 Å². The molecule has 4 heavy (non-hydrogen) atoms. The molecule has 0 aliphatic carbocycles. The summed E-state index contributed by atoms with van der Waals surface area (Å²) in [7, 11) is 0. The van der Waals surface area contributed by atoms with Crippen molar-refractivity contribution < 1.29 is 35.9 Å². The minimum atomic E-state index is -0.1000. The first-order valence-corrected chi connectivity index (χ1v) is 3.33. The molecule has 0 saturated carbocycles. The first kappa shape index (κ1) is 9.13. The van der Waals surface area contributed by atoms with E-state index in [0.29, 0.717) is 0 Å². The molecule has 0 aromatic carbocycles. The molecule has 0 unspecified atom stereocenters. The van der Waals surface area contributed by atoms with Gasteiger partial charge in [-0.3, -0.25) is 0 Å². The standard InChI is InChI=1S/In.2O.Y.H. The van der Waals surface area contributed by atoms with E-state index in [1.54, 1.807) is 0 Å². The SMILES string of the molecule is [O]=[InH].[O]=[Y]. The molecule has 0 N–H and O–H groups in total. The Labute approximate surface area is 59.4 Å². The van der Waals surface area contributed by atoms with E-state index >= 15 is 0 Å². The Kier molecular flexibility index (Phi) is 53.8. The van der Waals surface area contributed by atoms with Gasteiger partial charge in [0.05, 0.1) is 0 Å². The van der Waals surface area contributed by atoms with Crippen LogP contribution in [0.4, 0.5) is 0 Å². The van der Waals surface area contributed by atoms with E-state index in [4.69, 9.17) is 4.90 Å². The maximum absolute atomic E-state index is 8.42. The first-order valence-electron chi connectivity index (χ1n) is 0.524. The van der Waals surface area contributed by atoms with Crippen LogP contribution in [0.15, 0.2) is 0 Å². The fourth-order valence-electron chi connectivity index (χ4n) is 0. The average molecular weight is 237 g/mol.